The third-order valence-corrected chi connectivity index (χ3v) is 3.04. The average molecular weight is 312 g/mol. The van der Waals surface area contributed by atoms with E-state index in [0.717, 1.165) is 0 Å². The Morgan fingerprint density at radius 3 is 2.77 bits per heavy atom. The Morgan fingerprint density at radius 1 is 1.45 bits per heavy atom. The van der Waals surface area contributed by atoms with Gasteiger partial charge in [-0.15, -0.1) is 0 Å². The summed E-state index contributed by atoms with van der Waals surface area (Å²) < 4.78 is 16.6. The van der Waals surface area contributed by atoms with Crippen molar-refractivity contribution in [1.82, 2.24) is 14.5 Å². The highest BCUT2D eigenvalue weighted by molar-refractivity contribution is 5.66. The molecule has 22 heavy (non-hydrogen) atoms. The second-order valence-electron chi connectivity index (χ2n) is 4.72. The topological polar surface area (TPSA) is 136 Å². The van der Waals surface area contributed by atoms with Crippen molar-refractivity contribution in [1.29, 1.82) is 0 Å². The first kappa shape index (κ1) is 15.9. The average Bonchev–Trinajstić information content (AvgIpc) is 2.78. The molecule has 1 aliphatic rings. The van der Waals surface area contributed by atoms with Crippen LogP contribution in [0.15, 0.2) is 11.1 Å². The smallest absolute Gasteiger partial charge is 0.352 e. The van der Waals surface area contributed by atoms with Gasteiger partial charge in [-0.2, -0.15) is 4.98 Å². The minimum atomic E-state index is -0.840. The standard InChI is InChI=1S/C12H16N4O6/c1-6(17)20-4-9-8(3-10(22-9)21-7(2)18)16-5-14-11(13)15-12(16)19/h5,8-10H,3-4H2,1-2H3,(H2,13,15,19)/t8-,9+,10?/m0/s1. The highest BCUT2D eigenvalue weighted by atomic mass is 16.7. The van der Waals surface area contributed by atoms with Crippen LogP contribution in [0, 0.1) is 0 Å². The van der Waals surface area contributed by atoms with Crippen LogP contribution in [0.3, 0.4) is 0 Å². The molecule has 0 aromatic carbocycles. The van der Waals surface area contributed by atoms with Gasteiger partial charge in [-0.1, -0.05) is 0 Å². The summed E-state index contributed by atoms with van der Waals surface area (Å²) in [6.45, 7) is 2.41. The van der Waals surface area contributed by atoms with Gasteiger partial charge in [-0.25, -0.2) is 9.78 Å². The molecule has 0 aliphatic carbocycles. The molecule has 1 aromatic heterocycles. The van der Waals surface area contributed by atoms with Crippen LogP contribution in [0.5, 0.6) is 0 Å². The molecular formula is C12H16N4O6. The van der Waals surface area contributed by atoms with E-state index in [1.165, 1.54) is 24.7 Å². The van der Waals surface area contributed by atoms with Gasteiger partial charge >= 0.3 is 17.6 Å². The number of anilines is 1. The summed E-state index contributed by atoms with van der Waals surface area (Å²) in [5.41, 5.74) is 4.73. The van der Waals surface area contributed by atoms with Crippen LogP contribution in [0.2, 0.25) is 0 Å². The van der Waals surface area contributed by atoms with Gasteiger partial charge in [-0.05, 0) is 0 Å². The molecule has 10 nitrogen and oxygen atoms in total. The second kappa shape index (κ2) is 6.52. The van der Waals surface area contributed by atoms with Crippen molar-refractivity contribution >= 4 is 17.9 Å². The van der Waals surface area contributed by atoms with Crippen LogP contribution in [-0.4, -0.2) is 45.5 Å². The molecular weight excluding hydrogens is 296 g/mol. The van der Waals surface area contributed by atoms with Crippen molar-refractivity contribution < 1.29 is 23.8 Å². The van der Waals surface area contributed by atoms with Crippen molar-refractivity contribution in [2.24, 2.45) is 0 Å². The van der Waals surface area contributed by atoms with E-state index >= 15 is 0 Å². The predicted molar refractivity (Wildman–Crippen MR) is 71.4 cm³/mol. The minimum Gasteiger partial charge on any atom is -0.463 e. The third kappa shape index (κ3) is 3.79. The molecule has 1 aromatic rings. The zero-order valence-corrected chi connectivity index (χ0v) is 12.1. The van der Waals surface area contributed by atoms with E-state index in [1.54, 1.807) is 0 Å². The Morgan fingerprint density at radius 2 is 2.18 bits per heavy atom. The highest BCUT2D eigenvalue weighted by Gasteiger charge is 2.39. The Kier molecular flexibility index (Phi) is 4.71. The Bertz CT molecular complexity index is 630. The van der Waals surface area contributed by atoms with Crippen molar-refractivity contribution in [3.63, 3.8) is 0 Å². The Labute approximate surface area is 125 Å². The largest absolute Gasteiger partial charge is 0.463 e. The molecule has 1 saturated heterocycles. The number of nitrogens with zero attached hydrogens (tertiary/aromatic N) is 3. The highest BCUT2D eigenvalue weighted by Crippen LogP contribution is 2.30. The molecule has 1 fully saturated rings. The SMILES string of the molecule is CC(=O)OC[C@H]1OC(OC(C)=O)C[C@@H]1n1cnc(N)nc1=O. The van der Waals surface area contributed by atoms with Crippen LogP contribution in [0.1, 0.15) is 26.3 Å². The molecule has 120 valence electrons. The zero-order chi connectivity index (χ0) is 16.3. The van der Waals surface area contributed by atoms with Crippen molar-refractivity contribution in [2.45, 2.75) is 38.7 Å². The molecule has 0 saturated carbocycles. The number of carbonyl (C=O) groups excluding carboxylic acids is 2. The Hall–Kier alpha value is -2.49. The lowest BCUT2D eigenvalue weighted by Gasteiger charge is -2.18. The number of hydrogen-bond donors (Lipinski definition) is 1. The summed E-state index contributed by atoms with van der Waals surface area (Å²) in [5, 5.41) is 0. The number of ether oxygens (including phenoxy) is 3. The lowest BCUT2D eigenvalue weighted by Crippen LogP contribution is -2.34. The van der Waals surface area contributed by atoms with Gasteiger partial charge in [0.25, 0.3) is 0 Å². The van der Waals surface area contributed by atoms with Crippen LogP contribution in [-0.2, 0) is 23.8 Å². The van der Waals surface area contributed by atoms with Gasteiger partial charge in [-0.3, -0.25) is 14.2 Å². The van der Waals surface area contributed by atoms with Crippen LogP contribution >= 0.6 is 0 Å². The lowest BCUT2D eigenvalue weighted by atomic mass is 10.1. The van der Waals surface area contributed by atoms with E-state index in [4.69, 9.17) is 19.9 Å². The molecule has 2 heterocycles. The zero-order valence-electron chi connectivity index (χ0n) is 12.1. The maximum atomic E-state index is 11.9. The second-order valence-corrected chi connectivity index (χ2v) is 4.72. The molecule has 0 bridgehead atoms. The first-order valence-corrected chi connectivity index (χ1v) is 6.53. The summed E-state index contributed by atoms with van der Waals surface area (Å²) >= 11 is 0. The fraction of sp³-hybridized carbons (Fsp3) is 0.583. The van der Waals surface area contributed by atoms with Crippen molar-refractivity contribution in [2.75, 3.05) is 12.3 Å². The van der Waals surface area contributed by atoms with E-state index in [-0.39, 0.29) is 19.0 Å². The predicted octanol–water partition coefficient (Wildman–Crippen LogP) is -0.997. The number of aromatic nitrogens is 3. The summed E-state index contributed by atoms with van der Waals surface area (Å²) in [7, 11) is 0. The minimum absolute atomic E-state index is 0.0887. The summed E-state index contributed by atoms with van der Waals surface area (Å²) in [5.74, 6) is -1.15. The molecule has 1 unspecified atom stereocenters. The maximum absolute atomic E-state index is 11.9. The van der Waals surface area contributed by atoms with Crippen LogP contribution < -0.4 is 11.4 Å². The lowest BCUT2D eigenvalue weighted by molar-refractivity contribution is -0.178. The van der Waals surface area contributed by atoms with E-state index in [9.17, 15) is 14.4 Å². The van der Waals surface area contributed by atoms with Gasteiger partial charge in [0.05, 0.1) is 6.04 Å². The monoisotopic (exact) mass is 312 g/mol. The fourth-order valence-electron chi connectivity index (χ4n) is 2.18. The number of hydrogen-bond acceptors (Lipinski definition) is 9. The van der Waals surface area contributed by atoms with E-state index in [0.29, 0.717) is 0 Å². The maximum Gasteiger partial charge on any atom is 0.352 e. The number of esters is 2. The third-order valence-electron chi connectivity index (χ3n) is 3.04. The van der Waals surface area contributed by atoms with E-state index in [1.807, 2.05) is 0 Å². The molecule has 3 atom stereocenters. The van der Waals surface area contributed by atoms with Crippen LogP contribution in [0.25, 0.3) is 0 Å². The van der Waals surface area contributed by atoms with Crippen molar-refractivity contribution in [3.05, 3.63) is 16.8 Å². The van der Waals surface area contributed by atoms with E-state index < -0.39 is 36.1 Å². The number of carbonyl (C=O) groups is 2. The van der Waals surface area contributed by atoms with Gasteiger partial charge < -0.3 is 19.9 Å². The number of nitrogen functional groups attached to an aromatic ring is 1. The Balaban J connectivity index is 2.21. The van der Waals surface area contributed by atoms with Crippen LogP contribution in [0.4, 0.5) is 5.95 Å². The summed E-state index contributed by atoms with van der Waals surface area (Å²) in [4.78, 5) is 41.2. The molecule has 10 heteroatoms. The number of rotatable bonds is 4. The van der Waals surface area contributed by atoms with Gasteiger partial charge in [0.1, 0.15) is 19.0 Å². The summed E-state index contributed by atoms with van der Waals surface area (Å²) in [6, 6.07) is -0.545. The fourth-order valence-corrected chi connectivity index (χ4v) is 2.18. The normalized spacial score (nSPS) is 24.0. The molecule has 0 amide bonds. The first-order chi connectivity index (χ1) is 10.4. The first-order valence-electron chi connectivity index (χ1n) is 6.53. The van der Waals surface area contributed by atoms with Gasteiger partial charge in [0, 0.05) is 20.3 Å². The van der Waals surface area contributed by atoms with Gasteiger partial charge in [0.15, 0.2) is 0 Å². The molecule has 1 aliphatic heterocycles. The van der Waals surface area contributed by atoms with Gasteiger partial charge in [0.2, 0.25) is 12.2 Å². The quantitative estimate of drug-likeness (QED) is 0.694. The van der Waals surface area contributed by atoms with Crippen molar-refractivity contribution in [3.8, 4) is 0 Å². The van der Waals surface area contributed by atoms with E-state index in [2.05, 4.69) is 9.97 Å². The summed E-state index contributed by atoms with van der Waals surface area (Å²) in [6.07, 6.45) is -0.0698. The molecule has 2 N–H and O–H groups in total. The number of nitrogens with two attached hydrogens (primary N) is 1. The molecule has 0 radical (unpaired) electrons. The molecule has 2 rings (SSSR count). The molecule has 0 spiro atoms.